The van der Waals surface area contributed by atoms with Crippen LogP contribution in [0, 0.1) is 10.1 Å². The molecule has 1 fully saturated rings. The highest BCUT2D eigenvalue weighted by atomic mass is 35.5. The highest BCUT2D eigenvalue weighted by molar-refractivity contribution is 6.33. The number of ether oxygens (including phenoxy) is 1. The van der Waals surface area contributed by atoms with Crippen LogP contribution in [0.25, 0.3) is 6.08 Å². The summed E-state index contributed by atoms with van der Waals surface area (Å²) in [5.74, 6) is -0.488. The van der Waals surface area contributed by atoms with Crippen molar-refractivity contribution in [3.05, 3.63) is 99.6 Å². The molecule has 4 rings (SSSR count). The summed E-state index contributed by atoms with van der Waals surface area (Å²) in [6.07, 6.45) is 3.40. The fourth-order valence-corrected chi connectivity index (χ4v) is 4.22. The van der Waals surface area contributed by atoms with Gasteiger partial charge in [-0.25, -0.2) is 0 Å². The smallest absolute Gasteiger partial charge is 0.310 e. The summed E-state index contributed by atoms with van der Waals surface area (Å²) in [5.41, 5.74) is 2.05. The van der Waals surface area contributed by atoms with Crippen LogP contribution in [0.4, 0.5) is 17.1 Å². The molecule has 0 saturated carbocycles. The van der Waals surface area contributed by atoms with Crippen LogP contribution in [-0.4, -0.2) is 54.4 Å². The number of nitro benzene ring substituents is 1. The van der Waals surface area contributed by atoms with Gasteiger partial charge in [0, 0.05) is 44.0 Å². The molecule has 10 heteroatoms. The number of nitro groups is 1. The van der Waals surface area contributed by atoms with Crippen LogP contribution in [-0.2, 0) is 9.59 Å². The number of carbonyl (C=O) groups excluding carboxylic acids is 2. The second-order valence-corrected chi connectivity index (χ2v) is 8.69. The third kappa shape index (κ3) is 6.86. The average Bonchev–Trinajstić information content (AvgIpc) is 2.91. The number of nitrogens with one attached hydrogen (secondary N) is 1. The van der Waals surface area contributed by atoms with Crippen LogP contribution in [0.1, 0.15) is 5.56 Å². The van der Waals surface area contributed by atoms with E-state index in [4.69, 9.17) is 16.3 Å². The number of hydrogen-bond donors (Lipinski definition) is 1. The molecule has 190 valence electrons. The first kappa shape index (κ1) is 25.7. The minimum absolute atomic E-state index is 0.0178. The Hall–Kier alpha value is -4.37. The molecule has 0 spiro atoms. The Morgan fingerprint density at radius 2 is 1.70 bits per heavy atom. The number of halogens is 1. The highest BCUT2D eigenvalue weighted by Gasteiger charge is 2.22. The van der Waals surface area contributed by atoms with Gasteiger partial charge in [0.15, 0.2) is 12.4 Å². The van der Waals surface area contributed by atoms with E-state index in [0.717, 1.165) is 11.3 Å². The first-order valence-corrected chi connectivity index (χ1v) is 12.0. The second-order valence-electron chi connectivity index (χ2n) is 8.28. The standard InChI is InChI=1S/C27H25ClN4O5/c28-22-18-21(29-26(33)19-37-25-9-5-4-8-24(25)32(35)36)11-12-23(22)30-14-16-31(17-15-30)27(34)13-10-20-6-2-1-3-7-20/h1-13,18H,14-17,19H2,(H,29,33)/b13-10+. The molecule has 1 N–H and O–H groups in total. The molecule has 9 nitrogen and oxygen atoms in total. The van der Waals surface area contributed by atoms with Crippen LogP contribution >= 0.6 is 11.6 Å². The van der Waals surface area contributed by atoms with Crippen LogP contribution in [0.3, 0.4) is 0 Å². The number of para-hydroxylation sites is 2. The molecule has 0 unspecified atom stereocenters. The molecular weight excluding hydrogens is 496 g/mol. The first-order valence-electron chi connectivity index (χ1n) is 11.6. The minimum Gasteiger partial charge on any atom is -0.477 e. The summed E-state index contributed by atoms with van der Waals surface area (Å²) in [7, 11) is 0. The maximum Gasteiger partial charge on any atom is 0.310 e. The Kier molecular flexibility index (Phi) is 8.37. The zero-order valence-electron chi connectivity index (χ0n) is 19.9. The molecular formula is C27H25ClN4O5. The summed E-state index contributed by atoms with van der Waals surface area (Å²) < 4.78 is 5.32. The van der Waals surface area contributed by atoms with E-state index in [1.54, 1.807) is 29.2 Å². The summed E-state index contributed by atoms with van der Waals surface area (Å²) >= 11 is 6.50. The molecule has 0 atom stereocenters. The summed E-state index contributed by atoms with van der Waals surface area (Å²) in [5, 5.41) is 14.2. The van der Waals surface area contributed by atoms with Gasteiger partial charge in [-0.3, -0.25) is 19.7 Å². The number of hydrogen-bond acceptors (Lipinski definition) is 6. The summed E-state index contributed by atoms with van der Waals surface area (Å²) in [6.45, 7) is 1.99. The number of piperazine rings is 1. The number of carbonyl (C=O) groups is 2. The molecule has 1 saturated heterocycles. The maximum absolute atomic E-state index is 12.5. The average molecular weight is 521 g/mol. The molecule has 3 aromatic rings. The first-order chi connectivity index (χ1) is 17.9. The summed E-state index contributed by atoms with van der Waals surface area (Å²) in [4.78, 5) is 39.2. The zero-order valence-corrected chi connectivity index (χ0v) is 20.6. The van der Waals surface area contributed by atoms with E-state index in [-0.39, 0.29) is 24.0 Å². The van der Waals surface area contributed by atoms with E-state index < -0.39 is 10.8 Å². The van der Waals surface area contributed by atoms with Crippen LogP contribution in [0.2, 0.25) is 5.02 Å². The Bertz CT molecular complexity index is 1310. The van der Waals surface area contributed by atoms with E-state index >= 15 is 0 Å². The predicted molar refractivity (Wildman–Crippen MR) is 143 cm³/mol. The Morgan fingerprint density at radius 3 is 2.41 bits per heavy atom. The Morgan fingerprint density at radius 1 is 1.00 bits per heavy atom. The molecule has 1 aliphatic rings. The SMILES string of the molecule is O=C(COc1ccccc1[N+](=O)[O-])Nc1ccc(N2CCN(C(=O)/C=C/c3ccccc3)CC2)c(Cl)c1. The van der Waals surface area contributed by atoms with E-state index in [1.165, 1.54) is 18.2 Å². The van der Waals surface area contributed by atoms with Crippen molar-refractivity contribution in [1.82, 2.24) is 4.90 Å². The van der Waals surface area contributed by atoms with Crippen LogP contribution < -0.4 is 15.0 Å². The monoisotopic (exact) mass is 520 g/mol. The lowest BCUT2D eigenvalue weighted by molar-refractivity contribution is -0.385. The molecule has 1 heterocycles. The molecule has 1 aliphatic heterocycles. The van der Waals surface area contributed by atoms with Gasteiger partial charge in [-0.05, 0) is 35.9 Å². The fraction of sp³-hybridized carbons (Fsp3) is 0.185. The lowest BCUT2D eigenvalue weighted by Gasteiger charge is -2.36. The molecule has 3 aromatic carbocycles. The Balaban J connectivity index is 1.28. The number of nitrogens with zero attached hydrogens (tertiary/aromatic N) is 3. The fourth-order valence-electron chi connectivity index (χ4n) is 3.92. The third-order valence-corrected chi connectivity index (χ3v) is 6.10. The van der Waals surface area contributed by atoms with Gasteiger partial charge in [-0.2, -0.15) is 0 Å². The molecule has 0 radical (unpaired) electrons. The highest BCUT2D eigenvalue weighted by Crippen LogP contribution is 2.30. The van der Waals surface area contributed by atoms with E-state index in [0.29, 0.717) is 36.9 Å². The third-order valence-electron chi connectivity index (χ3n) is 5.80. The Labute approximate surface area is 219 Å². The van der Waals surface area contributed by atoms with Crippen molar-refractivity contribution in [3.8, 4) is 5.75 Å². The quantitative estimate of drug-likeness (QED) is 0.264. The number of rotatable bonds is 8. The van der Waals surface area contributed by atoms with E-state index in [9.17, 15) is 19.7 Å². The molecule has 37 heavy (non-hydrogen) atoms. The van der Waals surface area contributed by atoms with Gasteiger partial charge in [0.2, 0.25) is 5.91 Å². The minimum atomic E-state index is -0.567. The van der Waals surface area contributed by atoms with Gasteiger partial charge in [0.1, 0.15) is 0 Å². The van der Waals surface area contributed by atoms with Gasteiger partial charge in [0.05, 0.1) is 15.6 Å². The zero-order chi connectivity index (χ0) is 26.2. The van der Waals surface area contributed by atoms with Gasteiger partial charge in [-0.15, -0.1) is 0 Å². The number of anilines is 2. The van der Waals surface area contributed by atoms with Gasteiger partial charge < -0.3 is 19.9 Å². The topological polar surface area (TPSA) is 105 Å². The predicted octanol–water partition coefficient (Wildman–Crippen LogP) is 4.63. The van der Waals surface area contributed by atoms with Crippen molar-refractivity contribution in [2.45, 2.75) is 0 Å². The lowest BCUT2D eigenvalue weighted by atomic mass is 10.2. The van der Waals surface area contributed by atoms with Gasteiger partial charge in [-0.1, -0.05) is 54.1 Å². The van der Waals surface area contributed by atoms with Crippen molar-refractivity contribution in [3.63, 3.8) is 0 Å². The molecule has 0 aliphatic carbocycles. The van der Waals surface area contributed by atoms with Gasteiger partial charge in [0.25, 0.3) is 5.91 Å². The van der Waals surface area contributed by atoms with Crippen LogP contribution in [0.5, 0.6) is 5.75 Å². The normalized spacial score (nSPS) is 13.4. The van der Waals surface area contributed by atoms with E-state index in [1.807, 2.05) is 42.5 Å². The number of amides is 2. The van der Waals surface area contributed by atoms with E-state index in [2.05, 4.69) is 10.2 Å². The second kappa shape index (κ2) is 12.0. The largest absolute Gasteiger partial charge is 0.477 e. The van der Waals surface area contributed by atoms with Gasteiger partial charge >= 0.3 is 5.69 Å². The maximum atomic E-state index is 12.5. The molecule has 0 bridgehead atoms. The number of benzene rings is 3. The molecule has 2 amide bonds. The lowest BCUT2D eigenvalue weighted by Crippen LogP contribution is -2.48. The van der Waals surface area contributed by atoms with Crippen molar-refractivity contribution < 1.29 is 19.2 Å². The summed E-state index contributed by atoms with van der Waals surface area (Å²) in [6, 6.07) is 20.7. The van der Waals surface area contributed by atoms with Crippen LogP contribution in [0.15, 0.2) is 78.9 Å². The van der Waals surface area contributed by atoms with Crippen molar-refractivity contribution in [1.29, 1.82) is 0 Å². The van der Waals surface area contributed by atoms with Crippen molar-refractivity contribution >= 4 is 46.6 Å². The van der Waals surface area contributed by atoms with Crippen molar-refractivity contribution in [2.75, 3.05) is 43.0 Å². The van der Waals surface area contributed by atoms with Crippen molar-refractivity contribution in [2.24, 2.45) is 0 Å². The molecule has 0 aromatic heterocycles.